The van der Waals surface area contributed by atoms with E-state index in [1.807, 2.05) is 7.05 Å². The Bertz CT molecular complexity index is 1300. The molecule has 0 radical (unpaired) electrons. The first-order valence-electron chi connectivity index (χ1n) is 11.6. The SMILES string of the molecule is CN1CCc2nc(C(=O)N[C@@H]3C[C@@H](C(=O)O)CC[C@H]3NC(=O)c3cc4cc(Cl)ccc4[nH]3)sc2C1. The number of nitrogens with one attached hydrogen (secondary N) is 3. The highest BCUT2D eigenvalue weighted by Crippen LogP contribution is 2.28. The zero-order valence-corrected chi connectivity index (χ0v) is 20.7. The second-order valence-corrected chi connectivity index (χ2v) is 10.8. The summed E-state index contributed by atoms with van der Waals surface area (Å²) in [5.74, 6) is -2.12. The molecule has 3 heterocycles. The normalized spacial score (nSPS) is 22.5. The fourth-order valence-corrected chi connectivity index (χ4v) is 6.12. The number of aromatic amines is 1. The number of amides is 2. The van der Waals surface area contributed by atoms with E-state index in [-0.39, 0.29) is 18.2 Å². The van der Waals surface area contributed by atoms with Crippen molar-refractivity contribution in [2.24, 2.45) is 5.92 Å². The lowest BCUT2D eigenvalue weighted by atomic mass is 9.82. The fraction of sp³-hybridized carbons (Fsp3) is 0.417. The van der Waals surface area contributed by atoms with Crippen molar-refractivity contribution in [3.8, 4) is 0 Å². The first kappa shape index (κ1) is 23.8. The van der Waals surface area contributed by atoms with Crippen LogP contribution in [0.4, 0.5) is 0 Å². The van der Waals surface area contributed by atoms with Gasteiger partial charge >= 0.3 is 5.97 Å². The average molecular weight is 516 g/mol. The molecule has 4 N–H and O–H groups in total. The minimum Gasteiger partial charge on any atom is -0.481 e. The van der Waals surface area contributed by atoms with Crippen LogP contribution >= 0.6 is 22.9 Å². The maximum Gasteiger partial charge on any atom is 0.306 e. The number of carbonyl (C=O) groups excluding carboxylic acids is 2. The third-order valence-electron chi connectivity index (χ3n) is 6.78. The molecule has 1 aliphatic carbocycles. The highest BCUT2D eigenvalue weighted by Gasteiger charge is 2.36. The Morgan fingerprint density at radius 3 is 2.77 bits per heavy atom. The van der Waals surface area contributed by atoms with Gasteiger partial charge in [-0.2, -0.15) is 0 Å². The molecule has 0 spiro atoms. The Balaban J connectivity index is 1.32. The minimum atomic E-state index is -0.894. The van der Waals surface area contributed by atoms with Gasteiger partial charge in [-0.05, 0) is 50.6 Å². The summed E-state index contributed by atoms with van der Waals surface area (Å²) >= 11 is 7.43. The Hall–Kier alpha value is -2.95. The quantitative estimate of drug-likeness (QED) is 0.413. The second kappa shape index (κ2) is 9.60. The topological polar surface area (TPSA) is 127 Å². The van der Waals surface area contributed by atoms with Crippen molar-refractivity contribution in [1.82, 2.24) is 25.5 Å². The van der Waals surface area contributed by atoms with Crippen LogP contribution in [0.15, 0.2) is 24.3 Å². The molecule has 1 aliphatic heterocycles. The number of likely N-dealkylation sites (N-methyl/N-ethyl adjacent to an activating group) is 1. The largest absolute Gasteiger partial charge is 0.481 e. The molecule has 0 bridgehead atoms. The number of thiazole rings is 1. The highest BCUT2D eigenvalue weighted by atomic mass is 35.5. The predicted octanol–water partition coefficient (Wildman–Crippen LogP) is 3.05. The van der Waals surface area contributed by atoms with E-state index in [4.69, 9.17) is 11.6 Å². The maximum atomic E-state index is 13.1. The Labute approximate surface area is 210 Å². The number of aromatic nitrogens is 2. The van der Waals surface area contributed by atoms with Crippen LogP contribution in [0, 0.1) is 5.92 Å². The molecular weight excluding hydrogens is 490 g/mol. The number of H-pyrrole nitrogens is 1. The van der Waals surface area contributed by atoms with Gasteiger partial charge in [-0.3, -0.25) is 14.4 Å². The van der Waals surface area contributed by atoms with Gasteiger partial charge in [0.1, 0.15) is 5.69 Å². The van der Waals surface area contributed by atoms with Gasteiger partial charge in [0.2, 0.25) is 0 Å². The van der Waals surface area contributed by atoms with E-state index in [1.54, 1.807) is 24.3 Å². The van der Waals surface area contributed by atoms with Crippen LogP contribution in [0.25, 0.3) is 10.9 Å². The van der Waals surface area contributed by atoms with Gasteiger partial charge in [0, 0.05) is 46.4 Å². The van der Waals surface area contributed by atoms with Gasteiger partial charge in [-0.15, -0.1) is 11.3 Å². The van der Waals surface area contributed by atoms with E-state index < -0.39 is 24.0 Å². The number of carbonyl (C=O) groups is 3. The molecule has 35 heavy (non-hydrogen) atoms. The van der Waals surface area contributed by atoms with Gasteiger partial charge in [-0.1, -0.05) is 11.6 Å². The summed E-state index contributed by atoms with van der Waals surface area (Å²) in [5.41, 5.74) is 2.12. The van der Waals surface area contributed by atoms with Crippen molar-refractivity contribution >= 4 is 51.6 Å². The van der Waals surface area contributed by atoms with Gasteiger partial charge in [0.15, 0.2) is 5.01 Å². The fourth-order valence-electron chi connectivity index (χ4n) is 4.85. The summed E-state index contributed by atoms with van der Waals surface area (Å²) in [6.07, 6.45) is 1.91. The Morgan fingerprint density at radius 2 is 1.97 bits per heavy atom. The van der Waals surface area contributed by atoms with Crippen LogP contribution in [-0.2, 0) is 17.8 Å². The van der Waals surface area contributed by atoms with Gasteiger partial charge in [0.05, 0.1) is 17.7 Å². The van der Waals surface area contributed by atoms with Crippen LogP contribution in [0.3, 0.4) is 0 Å². The number of rotatable bonds is 5. The summed E-state index contributed by atoms with van der Waals surface area (Å²) in [6.45, 7) is 1.66. The van der Waals surface area contributed by atoms with E-state index in [1.165, 1.54) is 11.3 Å². The molecule has 3 atom stereocenters. The van der Waals surface area contributed by atoms with E-state index in [2.05, 4.69) is 25.5 Å². The van der Waals surface area contributed by atoms with Gasteiger partial charge in [-0.25, -0.2) is 4.98 Å². The van der Waals surface area contributed by atoms with Gasteiger partial charge in [0.25, 0.3) is 11.8 Å². The zero-order valence-electron chi connectivity index (χ0n) is 19.1. The molecule has 2 aromatic heterocycles. The number of carboxylic acids is 1. The van der Waals surface area contributed by atoms with Crippen LogP contribution in [0.2, 0.25) is 5.02 Å². The van der Waals surface area contributed by atoms with Crippen molar-refractivity contribution in [3.63, 3.8) is 0 Å². The number of fused-ring (bicyclic) bond motifs is 2. The summed E-state index contributed by atoms with van der Waals surface area (Å²) in [5, 5.41) is 17.3. The number of halogens is 1. The molecule has 184 valence electrons. The number of nitrogens with zero attached hydrogens (tertiary/aromatic N) is 2. The zero-order chi connectivity index (χ0) is 24.7. The van der Waals surface area contributed by atoms with Crippen molar-refractivity contribution in [1.29, 1.82) is 0 Å². The van der Waals surface area contributed by atoms with Crippen molar-refractivity contribution < 1.29 is 19.5 Å². The van der Waals surface area contributed by atoms with Gasteiger partial charge < -0.3 is 25.6 Å². The van der Waals surface area contributed by atoms with E-state index in [9.17, 15) is 19.5 Å². The number of carboxylic acid groups (broad SMARTS) is 1. The van der Waals surface area contributed by atoms with Crippen molar-refractivity contribution in [2.45, 2.75) is 44.3 Å². The first-order chi connectivity index (χ1) is 16.8. The van der Waals surface area contributed by atoms with Crippen LogP contribution in [0.1, 0.15) is 50.1 Å². The molecule has 1 saturated carbocycles. The number of hydrogen-bond acceptors (Lipinski definition) is 6. The molecular formula is C24H26ClN5O4S. The van der Waals surface area contributed by atoms with Crippen molar-refractivity contribution in [3.05, 3.63) is 50.6 Å². The average Bonchev–Trinajstić information content (AvgIpc) is 3.43. The second-order valence-electron chi connectivity index (χ2n) is 9.30. The summed E-state index contributed by atoms with van der Waals surface area (Å²) in [4.78, 5) is 48.7. The van der Waals surface area contributed by atoms with E-state index in [0.717, 1.165) is 41.0 Å². The maximum absolute atomic E-state index is 13.1. The molecule has 0 saturated heterocycles. The van der Waals surface area contributed by atoms with E-state index >= 15 is 0 Å². The van der Waals surface area contributed by atoms with Crippen LogP contribution in [0.5, 0.6) is 0 Å². The molecule has 2 amide bonds. The smallest absolute Gasteiger partial charge is 0.306 e. The lowest BCUT2D eigenvalue weighted by Crippen LogP contribution is -2.55. The molecule has 9 nitrogen and oxygen atoms in total. The van der Waals surface area contributed by atoms with E-state index in [0.29, 0.717) is 28.6 Å². The number of benzene rings is 1. The molecule has 5 rings (SSSR count). The molecule has 11 heteroatoms. The van der Waals surface area contributed by atoms with Crippen LogP contribution in [-0.4, -0.2) is 63.4 Å². The lowest BCUT2D eigenvalue weighted by Gasteiger charge is -2.35. The highest BCUT2D eigenvalue weighted by molar-refractivity contribution is 7.13. The standard InChI is InChI=1S/C24H26ClN5O4S/c1-30-7-6-17-20(11-30)35-23(29-17)22(32)28-18-9-12(24(33)34)2-4-16(18)27-21(31)19-10-13-8-14(25)3-5-15(13)26-19/h3,5,8,10,12,16,18,26H,2,4,6-7,9,11H2,1H3,(H,27,31)(H,28,32)(H,33,34)/t12-,16+,18+/m0/s1. The third kappa shape index (κ3) is 5.05. The summed E-state index contributed by atoms with van der Waals surface area (Å²) in [7, 11) is 2.03. The predicted molar refractivity (Wildman–Crippen MR) is 133 cm³/mol. The van der Waals surface area contributed by atoms with Crippen LogP contribution < -0.4 is 10.6 Å². The van der Waals surface area contributed by atoms with Crippen molar-refractivity contribution in [2.75, 3.05) is 13.6 Å². The Kier molecular flexibility index (Phi) is 6.52. The third-order valence-corrected chi connectivity index (χ3v) is 8.09. The Morgan fingerprint density at radius 1 is 1.17 bits per heavy atom. The molecule has 1 aromatic carbocycles. The number of aliphatic carboxylic acids is 1. The molecule has 3 aromatic rings. The lowest BCUT2D eigenvalue weighted by molar-refractivity contribution is -0.143. The molecule has 0 unspecified atom stereocenters. The summed E-state index contributed by atoms with van der Waals surface area (Å²) in [6, 6.07) is 6.12. The molecule has 2 aliphatic rings. The monoisotopic (exact) mass is 515 g/mol. The number of hydrogen-bond donors (Lipinski definition) is 4. The minimum absolute atomic E-state index is 0.238. The summed E-state index contributed by atoms with van der Waals surface area (Å²) < 4.78 is 0. The first-order valence-corrected chi connectivity index (χ1v) is 12.8. The molecule has 1 fully saturated rings.